The van der Waals surface area contributed by atoms with Crippen LogP contribution in [0.1, 0.15) is 0 Å². The van der Waals surface area contributed by atoms with Crippen LogP contribution in [0.2, 0.25) is 10.0 Å². The van der Waals surface area contributed by atoms with Crippen molar-refractivity contribution in [3.63, 3.8) is 0 Å². The van der Waals surface area contributed by atoms with Crippen molar-refractivity contribution in [1.82, 2.24) is 0 Å². The minimum atomic E-state index is -0.581. The molecule has 0 bridgehead atoms. The third-order valence-electron chi connectivity index (χ3n) is 4.29. The number of thioether (sulfide) groups is 1. The van der Waals surface area contributed by atoms with Gasteiger partial charge in [-0.3, -0.25) is 9.59 Å². The van der Waals surface area contributed by atoms with Crippen molar-refractivity contribution < 1.29 is 14.0 Å². The fraction of sp³-hybridized carbons (Fsp3) is 0. The van der Waals surface area contributed by atoms with E-state index in [-0.39, 0.29) is 16.3 Å². The minimum absolute atomic E-state index is 0.000000000000000222. The van der Waals surface area contributed by atoms with Gasteiger partial charge in [-0.15, -0.1) is 0 Å². The zero-order valence-corrected chi connectivity index (χ0v) is 17.6. The summed E-state index contributed by atoms with van der Waals surface area (Å²) in [4.78, 5) is 28.3. The molecule has 1 heterocycles. The number of halogens is 3. The van der Waals surface area contributed by atoms with Crippen molar-refractivity contribution in [2.45, 2.75) is 4.90 Å². The van der Waals surface area contributed by atoms with Gasteiger partial charge in [0, 0.05) is 14.9 Å². The number of benzene rings is 3. The Morgan fingerprint density at radius 2 is 1.40 bits per heavy atom. The summed E-state index contributed by atoms with van der Waals surface area (Å²) in [5.74, 6) is -1.63. The zero-order chi connectivity index (χ0) is 21.3. The molecule has 1 aliphatic heterocycles. The molecular formula is C22H13Cl2FN2O2S. The first-order valence-electron chi connectivity index (χ1n) is 8.77. The molecule has 0 fully saturated rings. The standard InChI is InChI=1S/C22H13Cl2FN2O2S/c23-13-5-9-15(10-6-13)27-21(28)19(26-18-4-2-1-3-17(18)25)20(22(27)29)30-16-11-7-14(24)8-12-16/h1-12,26H. The molecule has 0 saturated carbocycles. The lowest BCUT2D eigenvalue weighted by atomic mass is 10.2. The lowest BCUT2D eigenvalue weighted by Crippen LogP contribution is -2.32. The number of amides is 2. The minimum Gasteiger partial charge on any atom is -0.348 e. The number of para-hydroxylation sites is 1. The molecule has 4 rings (SSSR count). The van der Waals surface area contributed by atoms with Gasteiger partial charge in [-0.1, -0.05) is 47.1 Å². The molecule has 0 saturated heterocycles. The van der Waals surface area contributed by atoms with Crippen molar-refractivity contribution in [2.75, 3.05) is 10.2 Å². The Hall–Kier alpha value is -2.80. The molecule has 3 aromatic carbocycles. The van der Waals surface area contributed by atoms with E-state index in [1.54, 1.807) is 60.7 Å². The highest BCUT2D eigenvalue weighted by atomic mass is 35.5. The average molecular weight is 459 g/mol. The Kier molecular flexibility index (Phi) is 5.81. The van der Waals surface area contributed by atoms with E-state index >= 15 is 0 Å². The monoisotopic (exact) mass is 458 g/mol. The summed E-state index contributed by atoms with van der Waals surface area (Å²) >= 11 is 13.0. The summed E-state index contributed by atoms with van der Waals surface area (Å²) in [7, 11) is 0. The Balaban J connectivity index is 1.75. The molecule has 1 N–H and O–H groups in total. The van der Waals surface area contributed by atoms with E-state index in [1.165, 1.54) is 12.1 Å². The van der Waals surface area contributed by atoms with E-state index in [2.05, 4.69) is 5.32 Å². The SMILES string of the molecule is O=C1C(Nc2ccccc2F)=C(Sc2ccc(Cl)cc2)C(=O)N1c1ccc(Cl)cc1. The van der Waals surface area contributed by atoms with Crippen LogP contribution in [0.3, 0.4) is 0 Å². The molecule has 0 radical (unpaired) electrons. The maximum atomic E-state index is 14.2. The number of rotatable bonds is 5. The predicted molar refractivity (Wildman–Crippen MR) is 118 cm³/mol. The Bertz CT molecular complexity index is 1160. The molecule has 4 nitrogen and oxygen atoms in total. The first-order valence-corrected chi connectivity index (χ1v) is 10.3. The van der Waals surface area contributed by atoms with Crippen LogP contribution in [0.25, 0.3) is 0 Å². The fourth-order valence-electron chi connectivity index (χ4n) is 2.86. The lowest BCUT2D eigenvalue weighted by Gasteiger charge is -2.15. The van der Waals surface area contributed by atoms with E-state index in [9.17, 15) is 14.0 Å². The maximum absolute atomic E-state index is 14.2. The van der Waals surface area contributed by atoms with Gasteiger partial charge < -0.3 is 5.32 Å². The number of hydrogen-bond acceptors (Lipinski definition) is 4. The molecule has 3 aromatic rings. The van der Waals surface area contributed by atoms with E-state index in [1.807, 2.05) is 0 Å². The fourth-order valence-corrected chi connectivity index (χ4v) is 4.04. The number of imide groups is 1. The van der Waals surface area contributed by atoms with Gasteiger partial charge >= 0.3 is 0 Å². The van der Waals surface area contributed by atoms with Gasteiger partial charge in [0.25, 0.3) is 11.8 Å². The van der Waals surface area contributed by atoms with Crippen LogP contribution in [0.15, 0.2) is 88.3 Å². The molecule has 0 aliphatic carbocycles. The number of carbonyl (C=O) groups is 2. The first kappa shape index (κ1) is 20.5. The predicted octanol–water partition coefficient (Wildman–Crippen LogP) is 6.12. The summed E-state index contributed by atoms with van der Waals surface area (Å²) in [5, 5.41) is 3.83. The van der Waals surface area contributed by atoms with E-state index < -0.39 is 17.6 Å². The number of carbonyl (C=O) groups excluding carboxylic acids is 2. The Labute approximate surface area is 186 Å². The largest absolute Gasteiger partial charge is 0.348 e. The van der Waals surface area contributed by atoms with Crippen LogP contribution in [0, 0.1) is 5.82 Å². The third-order valence-corrected chi connectivity index (χ3v) is 5.89. The molecule has 2 amide bonds. The van der Waals surface area contributed by atoms with Crippen molar-refractivity contribution in [3.8, 4) is 0 Å². The van der Waals surface area contributed by atoms with Crippen molar-refractivity contribution in [3.05, 3.63) is 99.3 Å². The van der Waals surface area contributed by atoms with Crippen LogP contribution >= 0.6 is 35.0 Å². The normalized spacial score (nSPS) is 13.9. The quantitative estimate of drug-likeness (QED) is 0.467. The molecule has 0 atom stereocenters. The molecule has 150 valence electrons. The maximum Gasteiger partial charge on any atom is 0.283 e. The zero-order valence-electron chi connectivity index (χ0n) is 15.2. The van der Waals surface area contributed by atoms with Gasteiger partial charge in [0.1, 0.15) is 16.4 Å². The van der Waals surface area contributed by atoms with Gasteiger partial charge in [0.15, 0.2) is 0 Å². The van der Waals surface area contributed by atoms with Crippen molar-refractivity contribution >= 4 is 58.2 Å². The Morgan fingerprint density at radius 1 is 0.800 bits per heavy atom. The topological polar surface area (TPSA) is 49.4 Å². The molecular weight excluding hydrogens is 446 g/mol. The summed E-state index contributed by atoms with van der Waals surface area (Å²) in [5.41, 5.74) is 0.467. The summed E-state index contributed by atoms with van der Waals surface area (Å²) < 4.78 is 14.2. The van der Waals surface area contributed by atoms with Crippen molar-refractivity contribution in [1.29, 1.82) is 0 Å². The van der Waals surface area contributed by atoms with E-state index in [4.69, 9.17) is 23.2 Å². The lowest BCUT2D eigenvalue weighted by molar-refractivity contribution is -0.120. The summed E-state index contributed by atoms with van der Waals surface area (Å²) in [6, 6.07) is 19.1. The van der Waals surface area contributed by atoms with Crippen LogP contribution in [0.4, 0.5) is 15.8 Å². The smallest absolute Gasteiger partial charge is 0.283 e. The van der Waals surface area contributed by atoms with Crippen LogP contribution in [0.5, 0.6) is 0 Å². The van der Waals surface area contributed by atoms with Gasteiger partial charge in [-0.05, 0) is 60.7 Å². The average Bonchev–Trinajstić information content (AvgIpc) is 2.96. The molecule has 0 unspecified atom stereocenters. The molecule has 0 aromatic heterocycles. The second kappa shape index (κ2) is 8.52. The highest BCUT2D eigenvalue weighted by molar-refractivity contribution is 8.04. The van der Waals surface area contributed by atoms with Crippen molar-refractivity contribution in [2.24, 2.45) is 0 Å². The highest BCUT2D eigenvalue weighted by Gasteiger charge is 2.40. The summed E-state index contributed by atoms with van der Waals surface area (Å²) in [6.45, 7) is 0. The van der Waals surface area contributed by atoms with Gasteiger partial charge in [0.05, 0.1) is 11.4 Å². The second-order valence-electron chi connectivity index (χ2n) is 6.29. The second-order valence-corrected chi connectivity index (χ2v) is 8.24. The third kappa shape index (κ3) is 4.07. The van der Waals surface area contributed by atoms with E-state index in [0.29, 0.717) is 20.6 Å². The Morgan fingerprint density at radius 3 is 2.03 bits per heavy atom. The van der Waals surface area contributed by atoms with Crippen LogP contribution < -0.4 is 10.2 Å². The molecule has 1 aliphatic rings. The number of hydrogen-bond donors (Lipinski definition) is 1. The number of nitrogens with zero attached hydrogens (tertiary/aromatic N) is 1. The van der Waals surface area contributed by atoms with Gasteiger partial charge in [-0.25, -0.2) is 9.29 Å². The molecule has 0 spiro atoms. The van der Waals surface area contributed by atoms with Gasteiger partial charge in [-0.2, -0.15) is 0 Å². The van der Waals surface area contributed by atoms with Gasteiger partial charge in [0.2, 0.25) is 0 Å². The van der Waals surface area contributed by atoms with Crippen LogP contribution in [-0.4, -0.2) is 11.8 Å². The summed E-state index contributed by atoms with van der Waals surface area (Å²) in [6.07, 6.45) is 0. The molecule has 30 heavy (non-hydrogen) atoms. The number of anilines is 2. The van der Waals surface area contributed by atoms with E-state index in [0.717, 1.165) is 16.7 Å². The van der Waals surface area contributed by atoms with Crippen LogP contribution in [-0.2, 0) is 9.59 Å². The highest BCUT2D eigenvalue weighted by Crippen LogP contribution is 2.38. The molecule has 8 heteroatoms. The first-order chi connectivity index (χ1) is 14.4. The number of nitrogens with one attached hydrogen (secondary N) is 1.